The van der Waals surface area contributed by atoms with Gasteiger partial charge in [-0.05, 0) is 26.3 Å². The molecule has 0 radical (unpaired) electrons. The molecule has 0 N–H and O–H groups in total. The quantitative estimate of drug-likeness (QED) is 0.775. The van der Waals surface area contributed by atoms with Gasteiger partial charge in [0.25, 0.3) is 0 Å². The Morgan fingerprint density at radius 2 is 1.56 bits per heavy atom. The summed E-state index contributed by atoms with van der Waals surface area (Å²) < 4.78 is 0. The number of aryl methyl sites for hydroxylation is 3. The van der Waals surface area contributed by atoms with Crippen molar-refractivity contribution in [3.8, 4) is 0 Å². The molecule has 0 aliphatic carbocycles. The highest BCUT2D eigenvalue weighted by atomic mass is 16.1. The summed E-state index contributed by atoms with van der Waals surface area (Å²) in [5.74, 6) is 0.0225. The zero-order chi connectivity index (χ0) is 13.1. The van der Waals surface area contributed by atoms with E-state index < -0.39 is 0 Å². The van der Waals surface area contributed by atoms with Gasteiger partial charge in [0, 0.05) is 6.42 Å². The maximum atomic E-state index is 12.2. The number of carbonyl (C=O) groups is 1. The van der Waals surface area contributed by atoms with Gasteiger partial charge in [0.2, 0.25) is 0 Å². The van der Waals surface area contributed by atoms with E-state index in [1.807, 2.05) is 51.1 Å². The van der Waals surface area contributed by atoms with E-state index in [0.717, 1.165) is 17.0 Å². The molecule has 0 aliphatic heterocycles. The van der Waals surface area contributed by atoms with E-state index >= 15 is 0 Å². The van der Waals surface area contributed by atoms with Crippen LogP contribution in [0.1, 0.15) is 33.1 Å². The van der Waals surface area contributed by atoms with Gasteiger partial charge in [0.05, 0.1) is 17.1 Å². The highest BCUT2D eigenvalue weighted by Gasteiger charge is 2.14. The number of aromatic nitrogens is 2. The van der Waals surface area contributed by atoms with E-state index in [1.54, 1.807) is 0 Å². The number of ketones is 1. The lowest BCUT2D eigenvalue weighted by Crippen LogP contribution is -2.11. The van der Waals surface area contributed by atoms with Crippen LogP contribution < -0.4 is 0 Å². The molecule has 2 rings (SSSR count). The molecule has 0 saturated heterocycles. The van der Waals surface area contributed by atoms with Crippen molar-refractivity contribution in [2.45, 2.75) is 27.2 Å². The average Bonchev–Trinajstić information content (AvgIpc) is 2.35. The lowest BCUT2D eigenvalue weighted by atomic mass is 10.1. The number of Topliss-reactive ketones (excluding diaryl/α,β-unsaturated/α-hetero) is 1. The Balaban J connectivity index is 2.27. The lowest BCUT2D eigenvalue weighted by molar-refractivity contribution is 0.0987. The Morgan fingerprint density at radius 1 is 0.944 bits per heavy atom. The Hall–Kier alpha value is -2.03. The second kappa shape index (κ2) is 5.08. The predicted octanol–water partition coefficient (Wildman–Crippen LogP) is 2.83. The van der Waals surface area contributed by atoms with Crippen LogP contribution in [0.2, 0.25) is 0 Å². The Bertz CT molecular complexity index is 577. The summed E-state index contributed by atoms with van der Waals surface area (Å²) in [5, 5.41) is 0. The number of carbonyl (C=O) groups excluding carboxylic acids is 1. The van der Waals surface area contributed by atoms with Crippen LogP contribution in [0.4, 0.5) is 0 Å². The van der Waals surface area contributed by atoms with Crippen LogP contribution in [0.25, 0.3) is 0 Å². The summed E-state index contributed by atoms with van der Waals surface area (Å²) in [6, 6.07) is 9.70. The minimum atomic E-state index is 0.0225. The SMILES string of the molecule is Cc1nc(C)c(C(=O)Cc2ccccc2)nc1C. The maximum Gasteiger partial charge on any atom is 0.187 e. The monoisotopic (exact) mass is 240 g/mol. The molecule has 18 heavy (non-hydrogen) atoms. The summed E-state index contributed by atoms with van der Waals surface area (Å²) >= 11 is 0. The van der Waals surface area contributed by atoms with Gasteiger partial charge in [-0.2, -0.15) is 0 Å². The molecule has 2 aromatic rings. The molecule has 0 unspecified atom stereocenters. The molecule has 0 bridgehead atoms. The van der Waals surface area contributed by atoms with E-state index in [9.17, 15) is 4.79 Å². The molecule has 92 valence electrons. The van der Waals surface area contributed by atoms with Crippen LogP contribution >= 0.6 is 0 Å². The van der Waals surface area contributed by atoms with Gasteiger partial charge in [0.1, 0.15) is 5.69 Å². The molecule has 0 saturated carbocycles. The van der Waals surface area contributed by atoms with Gasteiger partial charge >= 0.3 is 0 Å². The minimum Gasteiger partial charge on any atom is -0.292 e. The van der Waals surface area contributed by atoms with Gasteiger partial charge in [0.15, 0.2) is 5.78 Å². The van der Waals surface area contributed by atoms with Crippen LogP contribution in [-0.2, 0) is 6.42 Å². The third-order valence-corrected chi connectivity index (χ3v) is 2.95. The number of nitrogens with zero attached hydrogens (tertiary/aromatic N) is 2. The van der Waals surface area contributed by atoms with Gasteiger partial charge in [-0.15, -0.1) is 0 Å². The van der Waals surface area contributed by atoms with Crippen LogP contribution in [0, 0.1) is 20.8 Å². The molecule has 1 aromatic carbocycles. The molecule has 0 aliphatic rings. The van der Waals surface area contributed by atoms with Gasteiger partial charge < -0.3 is 0 Å². The number of rotatable bonds is 3. The fourth-order valence-corrected chi connectivity index (χ4v) is 1.84. The third-order valence-electron chi connectivity index (χ3n) is 2.95. The second-order valence-electron chi connectivity index (χ2n) is 4.41. The van der Waals surface area contributed by atoms with Crippen molar-refractivity contribution >= 4 is 5.78 Å². The lowest BCUT2D eigenvalue weighted by Gasteiger charge is -2.07. The smallest absolute Gasteiger partial charge is 0.187 e. The van der Waals surface area contributed by atoms with Crippen molar-refractivity contribution < 1.29 is 4.79 Å². The highest BCUT2D eigenvalue weighted by molar-refractivity contribution is 5.96. The van der Waals surface area contributed by atoms with E-state index in [-0.39, 0.29) is 5.78 Å². The molecular formula is C15H16N2O. The zero-order valence-corrected chi connectivity index (χ0v) is 10.9. The second-order valence-corrected chi connectivity index (χ2v) is 4.41. The summed E-state index contributed by atoms with van der Waals surface area (Å²) in [5.41, 5.74) is 3.89. The fourth-order valence-electron chi connectivity index (χ4n) is 1.84. The van der Waals surface area contributed by atoms with Gasteiger partial charge in [-0.1, -0.05) is 30.3 Å². The van der Waals surface area contributed by atoms with E-state index in [2.05, 4.69) is 9.97 Å². The van der Waals surface area contributed by atoms with Crippen molar-refractivity contribution in [1.82, 2.24) is 9.97 Å². The van der Waals surface area contributed by atoms with Crippen molar-refractivity contribution in [2.24, 2.45) is 0 Å². The maximum absolute atomic E-state index is 12.2. The molecular weight excluding hydrogens is 224 g/mol. The standard InChI is InChI=1S/C15H16N2O/c1-10-11(2)17-15(12(3)16-10)14(18)9-13-7-5-4-6-8-13/h4-8H,9H2,1-3H3. The fraction of sp³-hybridized carbons (Fsp3) is 0.267. The van der Waals surface area contributed by atoms with Crippen LogP contribution in [0.3, 0.4) is 0 Å². The zero-order valence-electron chi connectivity index (χ0n) is 10.9. The first-order valence-corrected chi connectivity index (χ1v) is 5.97. The molecule has 3 heteroatoms. The summed E-state index contributed by atoms with van der Waals surface area (Å²) in [6.07, 6.45) is 0.374. The van der Waals surface area contributed by atoms with E-state index in [1.165, 1.54) is 0 Å². The highest BCUT2D eigenvalue weighted by Crippen LogP contribution is 2.11. The summed E-state index contributed by atoms with van der Waals surface area (Å²) in [6.45, 7) is 5.61. The average molecular weight is 240 g/mol. The first-order chi connectivity index (χ1) is 8.58. The molecule has 0 fully saturated rings. The van der Waals surface area contributed by atoms with Gasteiger partial charge in [-0.3, -0.25) is 9.78 Å². The Kier molecular flexibility index (Phi) is 3.51. The van der Waals surface area contributed by atoms with E-state index in [4.69, 9.17) is 0 Å². The normalized spacial score (nSPS) is 10.4. The Labute approximate surface area is 107 Å². The molecule has 0 amide bonds. The Morgan fingerprint density at radius 3 is 2.22 bits per heavy atom. The minimum absolute atomic E-state index is 0.0225. The number of benzene rings is 1. The van der Waals surface area contributed by atoms with Crippen molar-refractivity contribution in [3.05, 3.63) is 58.7 Å². The van der Waals surface area contributed by atoms with Gasteiger partial charge in [-0.25, -0.2) is 4.98 Å². The van der Waals surface area contributed by atoms with Crippen LogP contribution in [-0.4, -0.2) is 15.8 Å². The first-order valence-electron chi connectivity index (χ1n) is 5.97. The topological polar surface area (TPSA) is 42.9 Å². The molecule has 1 aromatic heterocycles. The number of hydrogen-bond donors (Lipinski definition) is 0. The third kappa shape index (κ3) is 2.62. The predicted molar refractivity (Wildman–Crippen MR) is 70.7 cm³/mol. The summed E-state index contributed by atoms with van der Waals surface area (Å²) in [4.78, 5) is 20.9. The number of hydrogen-bond acceptors (Lipinski definition) is 3. The van der Waals surface area contributed by atoms with Crippen molar-refractivity contribution in [2.75, 3.05) is 0 Å². The largest absolute Gasteiger partial charge is 0.292 e. The molecule has 0 spiro atoms. The van der Waals surface area contributed by atoms with Crippen LogP contribution in [0.15, 0.2) is 30.3 Å². The summed E-state index contributed by atoms with van der Waals surface area (Å²) in [7, 11) is 0. The van der Waals surface area contributed by atoms with Crippen molar-refractivity contribution in [3.63, 3.8) is 0 Å². The molecule has 0 atom stereocenters. The molecule has 3 nitrogen and oxygen atoms in total. The van der Waals surface area contributed by atoms with E-state index in [0.29, 0.717) is 17.8 Å². The van der Waals surface area contributed by atoms with Crippen molar-refractivity contribution in [1.29, 1.82) is 0 Å². The molecule has 1 heterocycles. The first kappa shape index (κ1) is 12.4. The van der Waals surface area contributed by atoms with Crippen LogP contribution in [0.5, 0.6) is 0 Å².